The van der Waals surface area contributed by atoms with Gasteiger partial charge in [0.2, 0.25) is 11.8 Å². The third-order valence-electron chi connectivity index (χ3n) is 5.03. The smallest absolute Gasteiger partial charge is 0.225 e. The first kappa shape index (κ1) is 20.9. The number of amides is 2. The Bertz CT molecular complexity index is 1030. The Labute approximate surface area is 170 Å². The number of benzene rings is 2. The van der Waals surface area contributed by atoms with Crippen LogP contribution in [0.25, 0.3) is 0 Å². The van der Waals surface area contributed by atoms with Crippen LogP contribution in [0.1, 0.15) is 25.8 Å². The molecule has 1 unspecified atom stereocenters. The van der Waals surface area contributed by atoms with Gasteiger partial charge in [-0.05, 0) is 61.4 Å². The lowest BCUT2D eigenvalue weighted by atomic mass is 10.2. The lowest BCUT2D eigenvalue weighted by Gasteiger charge is -2.16. The average molecular weight is 416 g/mol. The molecule has 1 heterocycles. The van der Waals surface area contributed by atoms with Gasteiger partial charge in [0.15, 0.2) is 9.84 Å². The number of sulfone groups is 1. The molecule has 0 aliphatic carbocycles. The van der Waals surface area contributed by atoms with Gasteiger partial charge in [-0.15, -0.1) is 0 Å². The predicted octanol–water partition coefficient (Wildman–Crippen LogP) is 2.80. The second-order valence-electron chi connectivity index (χ2n) is 7.05. The molecular formula is C21H24N2O5S. The highest BCUT2D eigenvalue weighted by atomic mass is 32.2. The van der Waals surface area contributed by atoms with Gasteiger partial charge in [-0.3, -0.25) is 9.59 Å². The minimum absolute atomic E-state index is 0.0667. The van der Waals surface area contributed by atoms with Crippen LogP contribution >= 0.6 is 0 Å². The number of hydrogen-bond acceptors (Lipinski definition) is 5. The van der Waals surface area contributed by atoms with E-state index in [1.165, 1.54) is 19.9 Å². The minimum atomic E-state index is -3.68. The van der Waals surface area contributed by atoms with E-state index in [9.17, 15) is 18.0 Å². The predicted molar refractivity (Wildman–Crippen MR) is 111 cm³/mol. The van der Waals surface area contributed by atoms with Crippen LogP contribution in [0.2, 0.25) is 0 Å². The zero-order valence-corrected chi connectivity index (χ0v) is 17.5. The SMILES string of the molecule is COc1ccc(NC(=O)CC(C)S(=O)(=O)c2ccc3c(c2)CCN3C(C)=O)cc1. The molecule has 0 radical (unpaired) electrons. The lowest BCUT2D eigenvalue weighted by molar-refractivity contribution is -0.117. The summed E-state index contributed by atoms with van der Waals surface area (Å²) >= 11 is 0. The first-order chi connectivity index (χ1) is 13.7. The van der Waals surface area contributed by atoms with Crippen LogP contribution in [0.4, 0.5) is 11.4 Å². The van der Waals surface area contributed by atoms with Gasteiger partial charge >= 0.3 is 0 Å². The number of carbonyl (C=O) groups excluding carboxylic acids is 2. The number of nitrogens with zero attached hydrogens (tertiary/aromatic N) is 1. The fourth-order valence-electron chi connectivity index (χ4n) is 3.37. The molecule has 0 fully saturated rings. The van der Waals surface area contributed by atoms with Crippen molar-refractivity contribution in [3.05, 3.63) is 48.0 Å². The molecule has 2 amide bonds. The highest BCUT2D eigenvalue weighted by molar-refractivity contribution is 7.92. The van der Waals surface area contributed by atoms with Crippen LogP contribution in [0.15, 0.2) is 47.4 Å². The van der Waals surface area contributed by atoms with Crippen LogP contribution in [0, 0.1) is 0 Å². The minimum Gasteiger partial charge on any atom is -0.497 e. The van der Waals surface area contributed by atoms with Crippen LogP contribution in [-0.2, 0) is 25.8 Å². The Balaban J connectivity index is 1.70. The summed E-state index contributed by atoms with van der Waals surface area (Å²) in [6.45, 7) is 3.56. The van der Waals surface area contributed by atoms with E-state index >= 15 is 0 Å². The Morgan fingerprint density at radius 1 is 1.17 bits per heavy atom. The monoisotopic (exact) mass is 416 g/mol. The Morgan fingerprint density at radius 2 is 1.86 bits per heavy atom. The lowest BCUT2D eigenvalue weighted by Crippen LogP contribution is -2.26. The summed E-state index contributed by atoms with van der Waals surface area (Å²) in [7, 11) is -2.13. The molecule has 1 aliphatic rings. The second-order valence-corrected chi connectivity index (χ2v) is 9.41. The summed E-state index contributed by atoms with van der Waals surface area (Å²) in [6, 6.07) is 11.6. The van der Waals surface area contributed by atoms with Crippen LogP contribution in [0.3, 0.4) is 0 Å². The Hall–Kier alpha value is -2.87. The van der Waals surface area contributed by atoms with Gasteiger partial charge in [0.1, 0.15) is 5.75 Å². The fraction of sp³-hybridized carbons (Fsp3) is 0.333. The molecule has 154 valence electrons. The quantitative estimate of drug-likeness (QED) is 0.782. The maximum absolute atomic E-state index is 12.9. The number of rotatable bonds is 6. The average Bonchev–Trinajstić information content (AvgIpc) is 3.12. The molecule has 0 saturated heterocycles. The number of anilines is 2. The highest BCUT2D eigenvalue weighted by Gasteiger charge is 2.29. The highest BCUT2D eigenvalue weighted by Crippen LogP contribution is 2.31. The standard InChI is InChI=1S/C21H24N2O5S/c1-14(12-21(25)22-17-4-6-18(28-3)7-5-17)29(26,27)19-8-9-20-16(13-19)10-11-23(20)15(2)24/h4-9,13-14H,10-12H2,1-3H3,(H,22,25). The number of fused-ring (bicyclic) bond motifs is 1. The van der Waals surface area contributed by atoms with Crippen LogP contribution in [0.5, 0.6) is 5.75 Å². The van der Waals surface area contributed by atoms with Crippen molar-refractivity contribution >= 4 is 33.0 Å². The van der Waals surface area contributed by atoms with Gasteiger partial charge in [0.05, 0.1) is 17.3 Å². The maximum atomic E-state index is 12.9. The number of nitrogens with one attached hydrogen (secondary N) is 1. The molecule has 0 bridgehead atoms. The van der Waals surface area contributed by atoms with E-state index in [2.05, 4.69) is 5.32 Å². The van der Waals surface area contributed by atoms with Gasteiger partial charge in [-0.25, -0.2) is 8.42 Å². The van der Waals surface area contributed by atoms with E-state index in [1.54, 1.807) is 48.4 Å². The zero-order valence-electron chi connectivity index (χ0n) is 16.6. The molecule has 1 N–H and O–H groups in total. The molecule has 2 aromatic carbocycles. The van der Waals surface area contributed by atoms with Gasteiger partial charge in [-0.2, -0.15) is 0 Å². The first-order valence-electron chi connectivity index (χ1n) is 9.31. The summed E-state index contributed by atoms with van der Waals surface area (Å²) in [6.07, 6.45) is 0.454. The van der Waals surface area contributed by atoms with E-state index in [0.29, 0.717) is 24.4 Å². The third-order valence-corrected chi connectivity index (χ3v) is 7.17. The topological polar surface area (TPSA) is 92.8 Å². The largest absolute Gasteiger partial charge is 0.497 e. The number of carbonyl (C=O) groups is 2. The molecule has 3 rings (SSSR count). The summed E-state index contributed by atoms with van der Waals surface area (Å²) in [5.74, 6) is 0.219. The Kier molecular flexibility index (Phi) is 5.93. The fourth-order valence-corrected chi connectivity index (χ4v) is 4.77. The summed E-state index contributed by atoms with van der Waals surface area (Å²) in [5, 5.41) is 1.82. The molecule has 0 aromatic heterocycles. The molecular weight excluding hydrogens is 392 g/mol. The van der Waals surface area contributed by atoms with Crippen molar-refractivity contribution in [3.63, 3.8) is 0 Å². The van der Waals surface area contributed by atoms with Crippen molar-refractivity contribution in [1.82, 2.24) is 0 Å². The van der Waals surface area contributed by atoms with Crippen molar-refractivity contribution in [3.8, 4) is 5.75 Å². The molecule has 0 spiro atoms. The zero-order chi connectivity index (χ0) is 21.2. The van der Waals surface area contributed by atoms with Gasteiger partial charge in [0, 0.05) is 31.3 Å². The van der Waals surface area contributed by atoms with E-state index in [4.69, 9.17) is 4.74 Å². The van der Waals surface area contributed by atoms with E-state index in [0.717, 1.165) is 11.3 Å². The number of ether oxygens (including phenoxy) is 1. The number of methoxy groups -OCH3 is 1. The van der Waals surface area contributed by atoms with E-state index < -0.39 is 15.1 Å². The molecule has 29 heavy (non-hydrogen) atoms. The molecule has 0 saturated carbocycles. The maximum Gasteiger partial charge on any atom is 0.225 e. The summed E-state index contributed by atoms with van der Waals surface area (Å²) < 4.78 is 31.0. The van der Waals surface area contributed by atoms with E-state index in [1.807, 2.05) is 0 Å². The second kappa shape index (κ2) is 8.24. The molecule has 7 nitrogen and oxygen atoms in total. The van der Waals surface area contributed by atoms with Gasteiger partial charge < -0.3 is 15.0 Å². The molecule has 2 aromatic rings. The van der Waals surface area contributed by atoms with Gasteiger partial charge in [0.25, 0.3) is 0 Å². The van der Waals surface area contributed by atoms with Crippen molar-refractivity contribution < 1.29 is 22.7 Å². The van der Waals surface area contributed by atoms with Crippen molar-refractivity contribution in [2.45, 2.75) is 36.8 Å². The molecule has 1 atom stereocenters. The summed E-state index contributed by atoms with van der Waals surface area (Å²) in [4.78, 5) is 25.8. The van der Waals surface area contributed by atoms with Crippen molar-refractivity contribution in [1.29, 1.82) is 0 Å². The first-order valence-corrected chi connectivity index (χ1v) is 10.9. The normalized spacial score (nSPS) is 14.2. The summed E-state index contributed by atoms with van der Waals surface area (Å²) in [5.41, 5.74) is 2.15. The molecule has 8 heteroatoms. The van der Waals surface area contributed by atoms with Gasteiger partial charge in [-0.1, -0.05) is 0 Å². The number of hydrogen-bond donors (Lipinski definition) is 1. The van der Waals surface area contributed by atoms with E-state index in [-0.39, 0.29) is 23.1 Å². The molecule has 1 aliphatic heterocycles. The third kappa shape index (κ3) is 4.42. The van der Waals surface area contributed by atoms with Crippen LogP contribution < -0.4 is 15.0 Å². The van der Waals surface area contributed by atoms with Crippen LogP contribution in [-0.4, -0.2) is 39.1 Å². The van der Waals surface area contributed by atoms with Crippen molar-refractivity contribution in [2.24, 2.45) is 0 Å². The van der Waals surface area contributed by atoms with Crippen molar-refractivity contribution in [2.75, 3.05) is 23.9 Å². The Morgan fingerprint density at radius 3 is 2.48 bits per heavy atom.